The van der Waals surface area contributed by atoms with Crippen molar-refractivity contribution >= 4 is 24.9 Å². The minimum atomic E-state index is -0.515. The van der Waals surface area contributed by atoms with Crippen LogP contribution in [0.1, 0.15) is 21.9 Å². The third kappa shape index (κ3) is 3.39. The van der Waals surface area contributed by atoms with E-state index >= 15 is 0 Å². The van der Waals surface area contributed by atoms with Gasteiger partial charge in [0.15, 0.2) is 23.0 Å². The van der Waals surface area contributed by atoms with Crippen molar-refractivity contribution in [1.29, 1.82) is 0 Å². The monoisotopic (exact) mass is 356 g/mol. The first kappa shape index (κ1) is 16.8. The molecular formula is C18H13BN6O2. The predicted octanol–water partition coefficient (Wildman–Crippen LogP) is 0.752. The third-order valence-electron chi connectivity index (χ3n) is 3.94. The topological polar surface area (TPSA) is 95.2 Å². The molecule has 3 aromatic heterocycles. The number of methoxy groups -OCH3 is 1. The predicted molar refractivity (Wildman–Crippen MR) is 97.8 cm³/mol. The maximum Gasteiger partial charge on any atom is 0.358 e. The Balaban J connectivity index is 1.67. The molecule has 0 aliphatic carbocycles. The average molecular weight is 356 g/mol. The number of esters is 1. The van der Waals surface area contributed by atoms with Gasteiger partial charge in [0.25, 0.3) is 0 Å². The number of hydrogen-bond acceptors (Lipinski definition) is 7. The average Bonchev–Trinajstić information content (AvgIpc) is 3.10. The Morgan fingerprint density at radius 2 is 1.96 bits per heavy atom. The zero-order chi connectivity index (χ0) is 18.8. The van der Waals surface area contributed by atoms with Gasteiger partial charge in [-0.15, -0.1) is 10.2 Å². The Bertz CT molecular complexity index is 1130. The normalized spacial score (nSPS) is 10.9. The van der Waals surface area contributed by atoms with Gasteiger partial charge in [-0.3, -0.25) is 0 Å². The summed E-state index contributed by atoms with van der Waals surface area (Å²) in [5.41, 5.74) is 3.10. The van der Waals surface area contributed by atoms with E-state index in [0.29, 0.717) is 29.2 Å². The summed E-state index contributed by atoms with van der Waals surface area (Å²) in [6, 6.07) is 11.0. The third-order valence-corrected chi connectivity index (χ3v) is 3.94. The van der Waals surface area contributed by atoms with E-state index < -0.39 is 5.97 Å². The van der Waals surface area contributed by atoms with Gasteiger partial charge in [0, 0.05) is 24.4 Å². The highest BCUT2D eigenvalue weighted by Gasteiger charge is 2.13. The van der Waals surface area contributed by atoms with E-state index in [9.17, 15) is 4.79 Å². The summed E-state index contributed by atoms with van der Waals surface area (Å²) in [7, 11) is 6.95. The van der Waals surface area contributed by atoms with E-state index in [-0.39, 0.29) is 5.69 Å². The van der Waals surface area contributed by atoms with Crippen molar-refractivity contribution in [3.8, 4) is 11.4 Å². The number of carbonyl (C=O) groups excluding carboxylic acids is 1. The van der Waals surface area contributed by atoms with Crippen LogP contribution in [0, 0.1) is 0 Å². The second kappa shape index (κ2) is 6.95. The Morgan fingerprint density at radius 1 is 1.15 bits per heavy atom. The highest BCUT2D eigenvalue weighted by atomic mass is 16.5. The summed E-state index contributed by atoms with van der Waals surface area (Å²) >= 11 is 0. The molecule has 8 nitrogen and oxygen atoms in total. The largest absolute Gasteiger partial charge is 0.464 e. The number of ether oxygens (including phenoxy) is 1. The number of carbonyl (C=O) groups is 1. The fourth-order valence-electron chi connectivity index (χ4n) is 2.65. The smallest absolute Gasteiger partial charge is 0.358 e. The van der Waals surface area contributed by atoms with Gasteiger partial charge in [0.05, 0.1) is 7.11 Å². The maximum atomic E-state index is 11.7. The zero-order valence-corrected chi connectivity index (χ0v) is 14.4. The van der Waals surface area contributed by atoms with Crippen molar-refractivity contribution in [3.63, 3.8) is 0 Å². The summed E-state index contributed by atoms with van der Waals surface area (Å²) in [5, 5.41) is 12.5. The van der Waals surface area contributed by atoms with E-state index in [2.05, 4.69) is 25.3 Å². The zero-order valence-electron chi connectivity index (χ0n) is 14.4. The number of benzene rings is 1. The van der Waals surface area contributed by atoms with Gasteiger partial charge in [-0.25, -0.2) is 14.8 Å². The molecule has 0 saturated carbocycles. The second-order valence-corrected chi connectivity index (χ2v) is 5.81. The Hall–Kier alpha value is -3.62. The molecule has 27 heavy (non-hydrogen) atoms. The molecule has 0 amide bonds. The number of rotatable bonds is 4. The van der Waals surface area contributed by atoms with Crippen molar-refractivity contribution in [3.05, 3.63) is 65.9 Å². The highest BCUT2D eigenvalue weighted by molar-refractivity contribution is 6.31. The molecular weight excluding hydrogens is 343 g/mol. The molecule has 0 atom stereocenters. The number of fused-ring (bicyclic) bond motifs is 1. The first-order chi connectivity index (χ1) is 13.1. The van der Waals surface area contributed by atoms with Crippen LogP contribution in [0.3, 0.4) is 0 Å². The molecule has 0 aliphatic rings. The minimum Gasteiger partial charge on any atom is -0.464 e. The van der Waals surface area contributed by atoms with E-state index in [0.717, 1.165) is 11.1 Å². The standard InChI is InChI=1S/C18H13BN6O2/c1-27-18(26)14-5-6-15-22-23-16(25(15)24-14)8-11-3-2-4-12(7-11)17-20-9-13(19)10-21-17/h2-7,9-10H,8H2,1H3. The van der Waals surface area contributed by atoms with Crippen LogP contribution in [-0.2, 0) is 11.2 Å². The van der Waals surface area contributed by atoms with Crippen molar-refractivity contribution in [2.75, 3.05) is 7.11 Å². The lowest BCUT2D eigenvalue weighted by molar-refractivity contribution is 0.0592. The summed E-state index contributed by atoms with van der Waals surface area (Å²) in [5.74, 6) is 0.674. The molecule has 0 spiro atoms. The van der Waals surface area contributed by atoms with Crippen LogP contribution in [0.15, 0.2) is 48.8 Å². The lowest BCUT2D eigenvalue weighted by atomic mass is 10.0. The fraction of sp³-hybridized carbons (Fsp3) is 0.111. The van der Waals surface area contributed by atoms with Gasteiger partial charge in [0.1, 0.15) is 7.85 Å². The molecule has 0 fully saturated rings. The maximum absolute atomic E-state index is 11.7. The van der Waals surface area contributed by atoms with Crippen molar-refractivity contribution in [2.24, 2.45) is 0 Å². The number of aromatic nitrogens is 6. The Kier molecular flexibility index (Phi) is 4.33. The van der Waals surface area contributed by atoms with Crippen LogP contribution >= 0.6 is 0 Å². The van der Waals surface area contributed by atoms with E-state index in [1.807, 2.05) is 24.3 Å². The van der Waals surface area contributed by atoms with E-state index in [1.54, 1.807) is 29.0 Å². The van der Waals surface area contributed by atoms with Crippen molar-refractivity contribution < 1.29 is 9.53 Å². The van der Waals surface area contributed by atoms with Gasteiger partial charge < -0.3 is 4.74 Å². The Morgan fingerprint density at radius 3 is 2.74 bits per heavy atom. The van der Waals surface area contributed by atoms with E-state index in [1.165, 1.54) is 7.11 Å². The lowest BCUT2D eigenvalue weighted by Crippen LogP contribution is -2.09. The molecule has 0 N–H and O–H groups in total. The van der Waals surface area contributed by atoms with Crippen LogP contribution < -0.4 is 5.46 Å². The van der Waals surface area contributed by atoms with Crippen LogP contribution in [0.5, 0.6) is 0 Å². The van der Waals surface area contributed by atoms with Crippen LogP contribution in [0.2, 0.25) is 0 Å². The molecule has 0 saturated heterocycles. The first-order valence-corrected chi connectivity index (χ1v) is 8.10. The first-order valence-electron chi connectivity index (χ1n) is 8.10. The molecule has 0 aliphatic heterocycles. The molecule has 3 heterocycles. The van der Waals surface area contributed by atoms with Gasteiger partial charge in [-0.1, -0.05) is 23.7 Å². The molecule has 130 valence electrons. The summed E-state index contributed by atoms with van der Waals surface area (Å²) in [4.78, 5) is 20.2. The second-order valence-electron chi connectivity index (χ2n) is 5.81. The van der Waals surface area contributed by atoms with Crippen molar-refractivity contribution in [2.45, 2.75) is 6.42 Å². The van der Waals surface area contributed by atoms with Crippen LogP contribution in [0.25, 0.3) is 17.0 Å². The van der Waals surface area contributed by atoms with E-state index in [4.69, 9.17) is 12.6 Å². The Labute approximate surface area is 155 Å². The lowest BCUT2D eigenvalue weighted by Gasteiger charge is -2.05. The van der Waals surface area contributed by atoms with Crippen LogP contribution in [-0.4, -0.2) is 50.7 Å². The molecule has 4 rings (SSSR count). The quantitative estimate of drug-likeness (QED) is 0.393. The summed E-state index contributed by atoms with van der Waals surface area (Å²) in [6.45, 7) is 0. The number of nitrogens with zero attached hydrogens (tertiary/aromatic N) is 6. The fourth-order valence-corrected chi connectivity index (χ4v) is 2.65. The molecule has 0 unspecified atom stereocenters. The van der Waals surface area contributed by atoms with Gasteiger partial charge in [-0.05, 0) is 23.8 Å². The molecule has 0 bridgehead atoms. The van der Waals surface area contributed by atoms with Gasteiger partial charge in [0.2, 0.25) is 0 Å². The van der Waals surface area contributed by atoms with Crippen LogP contribution in [0.4, 0.5) is 0 Å². The number of hydrogen-bond donors (Lipinski definition) is 0. The van der Waals surface area contributed by atoms with Gasteiger partial charge in [-0.2, -0.15) is 9.61 Å². The minimum absolute atomic E-state index is 0.190. The van der Waals surface area contributed by atoms with Gasteiger partial charge >= 0.3 is 5.97 Å². The molecule has 4 aromatic rings. The summed E-state index contributed by atoms with van der Waals surface area (Å²) < 4.78 is 6.25. The SMILES string of the molecule is [B]c1cnc(-c2cccc(Cc3nnc4ccc(C(=O)OC)nn34)c2)nc1. The summed E-state index contributed by atoms with van der Waals surface area (Å²) in [6.07, 6.45) is 3.61. The molecule has 2 radical (unpaired) electrons. The highest BCUT2D eigenvalue weighted by Crippen LogP contribution is 2.17. The molecule has 1 aromatic carbocycles. The molecule has 9 heteroatoms. The van der Waals surface area contributed by atoms with Crippen molar-refractivity contribution in [1.82, 2.24) is 29.8 Å².